The van der Waals surface area contributed by atoms with Gasteiger partial charge < -0.3 is 10.2 Å². The van der Waals surface area contributed by atoms with Crippen LogP contribution in [-0.2, 0) is 6.54 Å². The van der Waals surface area contributed by atoms with Crippen LogP contribution in [0.4, 0.5) is 5.69 Å². The maximum atomic E-state index is 12.0. The van der Waals surface area contributed by atoms with Gasteiger partial charge in [0.25, 0.3) is 5.56 Å². The highest BCUT2D eigenvalue weighted by Gasteiger charge is 2.15. The Labute approximate surface area is 133 Å². The molecule has 1 aliphatic heterocycles. The fourth-order valence-corrected chi connectivity index (χ4v) is 2.87. The molecule has 21 heavy (non-hydrogen) atoms. The van der Waals surface area contributed by atoms with Crippen molar-refractivity contribution in [3.63, 3.8) is 0 Å². The third-order valence-electron chi connectivity index (χ3n) is 3.85. The number of aromatic nitrogens is 2. The van der Waals surface area contributed by atoms with Crippen LogP contribution in [0.3, 0.4) is 0 Å². The molecule has 2 rings (SSSR count). The first-order valence-corrected chi connectivity index (χ1v) is 8.06. The molecule has 0 bridgehead atoms. The fourth-order valence-electron chi connectivity index (χ4n) is 2.42. The van der Waals surface area contributed by atoms with E-state index in [0.717, 1.165) is 37.8 Å². The fraction of sp³-hybridized carbons (Fsp3) is 0.600. The number of nitrogens with one attached hydrogen (secondary N) is 1. The van der Waals surface area contributed by atoms with E-state index in [1.165, 1.54) is 17.5 Å². The molecule has 1 fully saturated rings. The van der Waals surface area contributed by atoms with E-state index in [4.69, 9.17) is 6.42 Å². The van der Waals surface area contributed by atoms with E-state index in [0.29, 0.717) is 4.47 Å². The van der Waals surface area contributed by atoms with Crippen molar-refractivity contribution in [3.05, 3.63) is 21.0 Å². The summed E-state index contributed by atoms with van der Waals surface area (Å²) < 4.78 is 1.75. The number of terminal acetylenes is 1. The molecule has 1 N–H and O–H groups in total. The predicted molar refractivity (Wildman–Crippen MR) is 88.4 cm³/mol. The van der Waals surface area contributed by atoms with Gasteiger partial charge in [0.2, 0.25) is 0 Å². The van der Waals surface area contributed by atoms with Gasteiger partial charge in [-0.3, -0.25) is 4.79 Å². The van der Waals surface area contributed by atoms with E-state index in [2.05, 4.69) is 44.1 Å². The number of hydrogen-bond donors (Lipinski definition) is 1. The molecule has 0 spiro atoms. The van der Waals surface area contributed by atoms with Gasteiger partial charge in [-0.15, -0.1) is 6.42 Å². The summed E-state index contributed by atoms with van der Waals surface area (Å²) in [6.45, 7) is 6.59. The van der Waals surface area contributed by atoms with Crippen molar-refractivity contribution in [1.82, 2.24) is 14.7 Å². The average molecular weight is 353 g/mol. The molecule has 0 radical (unpaired) electrons. The van der Waals surface area contributed by atoms with Crippen LogP contribution in [0.5, 0.6) is 0 Å². The molecule has 1 aromatic rings. The Morgan fingerprint density at radius 3 is 2.90 bits per heavy atom. The molecule has 1 aliphatic rings. The second kappa shape index (κ2) is 7.62. The van der Waals surface area contributed by atoms with Crippen molar-refractivity contribution < 1.29 is 0 Å². The maximum absolute atomic E-state index is 12.0. The second-order valence-corrected chi connectivity index (χ2v) is 6.28. The van der Waals surface area contributed by atoms with Crippen LogP contribution in [-0.4, -0.2) is 40.9 Å². The van der Waals surface area contributed by atoms with Crippen molar-refractivity contribution >= 4 is 21.6 Å². The first-order valence-electron chi connectivity index (χ1n) is 7.27. The number of anilines is 1. The van der Waals surface area contributed by atoms with E-state index in [1.807, 2.05) is 0 Å². The van der Waals surface area contributed by atoms with Crippen LogP contribution in [0.1, 0.15) is 19.8 Å². The van der Waals surface area contributed by atoms with Crippen LogP contribution in [0.2, 0.25) is 0 Å². The Kier molecular flexibility index (Phi) is 5.83. The Bertz CT molecular complexity index is 570. The Balaban J connectivity index is 1.88. The molecule has 0 amide bonds. The highest BCUT2D eigenvalue weighted by molar-refractivity contribution is 9.10. The SMILES string of the molecule is C#CCn1ncc(NCCN2CCC(C)CC2)c(Br)c1=O. The molecule has 5 nitrogen and oxygen atoms in total. The van der Waals surface area contributed by atoms with Gasteiger partial charge in [-0.25, -0.2) is 4.68 Å². The minimum Gasteiger partial charge on any atom is -0.381 e. The molecule has 0 aliphatic carbocycles. The van der Waals surface area contributed by atoms with Gasteiger partial charge in [0.1, 0.15) is 11.0 Å². The molecular weight excluding hydrogens is 332 g/mol. The Hall–Kier alpha value is -1.32. The number of piperidine rings is 1. The third kappa shape index (κ3) is 4.32. The van der Waals surface area contributed by atoms with E-state index in [-0.39, 0.29) is 12.1 Å². The van der Waals surface area contributed by atoms with Crippen LogP contribution < -0.4 is 10.9 Å². The highest BCUT2D eigenvalue weighted by Crippen LogP contribution is 2.17. The van der Waals surface area contributed by atoms with Gasteiger partial charge in [-0.2, -0.15) is 5.10 Å². The first-order chi connectivity index (χ1) is 10.1. The number of likely N-dealkylation sites (tertiary alicyclic amines) is 1. The average Bonchev–Trinajstić information content (AvgIpc) is 2.48. The van der Waals surface area contributed by atoms with Gasteiger partial charge in [0.15, 0.2) is 0 Å². The summed E-state index contributed by atoms with van der Waals surface area (Å²) >= 11 is 3.32. The summed E-state index contributed by atoms with van der Waals surface area (Å²) in [6.07, 6.45) is 9.39. The van der Waals surface area contributed by atoms with E-state index in [1.54, 1.807) is 6.20 Å². The quantitative estimate of drug-likeness (QED) is 0.820. The lowest BCUT2D eigenvalue weighted by Crippen LogP contribution is -2.36. The van der Waals surface area contributed by atoms with Crippen LogP contribution in [0.15, 0.2) is 15.5 Å². The topological polar surface area (TPSA) is 50.2 Å². The maximum Gasteiger partial charge on any atom is 0.284 e. The molecular formula is C15H21BrN4O. The molecule has 0 unspecified atom stereocenters. The van der Waals surface area contributed by atoms with E-state index in [9.17, 15) is 4.79 Å². The molecule has 1 saturated heterocycles. The molecule has 0 aromatic carbocycles. The first kappa shape index (κ1) is 16.1. The molecule has 6 heteroatoms. The van der Waals surface area contributed by atoms with Crippen molar-refractivity contribution in [1.29, 1.82) is 0 Å². The zero-order chi connectivity index (χ0) is 15.2. The molecule has 1 aromatic heterocycles. The highest BCUT2D eigenvalue weighted by atomic mass is 79.9. The molecule has 114 valence electrons. The second-order valence-electron chi connectivity index (χ2n) is 5.49. The zero-order valence-electron chi connectivity index (χ0n) is 12.3. The Morgan fingerprint density at radius 1 is 1.52 bits per heavy atom. The summed E-state index contributed by atoms with van der Waals surface area (Å²) in [6, 6.07) is 0. The van der Waals surface area contributed by atoms with Gasteiger partial charge in [0, 0.05) is 13.1 Å². The molecule has 2 heterocycles. The molecule has 0 saturated carbocycles. The van der Waals surface area contributed by atoms with Crippen LogP contribution >= 0.6 is 15.9 Å². The predicted octanol–water partition coefficient (Wildman–Crippen LogP) is 1.78. The largest absolute Gasteiger partial charge is 0.381 e. The monoisotopic (exact) mass is 352 g/mol. The smallest absolute Gasteiger partial charge is 0.284 e. The lowest BCUT2D eigenvalue weighted by Gasteiger charge is -2.30. The van der Waals surface area contributed by atoms with Crippen LogP contribution in [0, 0.1) is 18.3 Å². The summed E-state index contributed by atoms with van der Waals surface area (Å²) in [5.41, 5.74) is 0.517. The summed E-state index contributed by atoms with van der Waals surface area (Å²) in [7, 11) is 0. The standard InChI is InChI=1S/C15H21BrN4O/c1-3-7-20-15(21)14(16)13(11-18-20)17-6-10-19-8-4-12(2)5-9-19/h1,11-12,17H,4-10H2,2H3. The van der Waals surface area contributed by atoms with Crippen LogP contribution in [0.25, 0.3) is 0 Å². The number of rotatable bonds is 5. The van der Waals surface area contributed by atoms with Crippen molar-refractivity contribution in [2.45, 2.75) is 26.3 Å². The lowest BCUT2D eigenvalue weighted by atomic mass is 9.99. The number of nitrogens with zero attached hydrogens (tertiary/aromatic N) is 3. The van der Waals surface area contributed by atoms with E-state index < -0.39 is 0 Å². The summed E-state index contributed by atoms with van der Waals surface area (Å²) in [5.74, 6) is 3.26. The lowest BCUT2D eigenvalue weighted by molar-refractivity contribution is 0.199. The van der Waals surface area contributed by atoms with Crippen molar-refractivity contribution in [2.24, 2.45) is 5.92 Å². The van der Waals surface area contributed by atoms with Crippen molar-refractivity contribution in [2.75, 3.05) is 31.5 Å². The summed E-state index contributed by atoms with van der Waals surface area (Å²) in [5, 5.41) is 7.33. The van der Waals surface area contributed by atoms with Crippen molar-refractivity contribution in [3.8, 4) is 12.3 Å². The summed E-state index contributed by atoms with van der Waals surface area (Å²) in [4.78, 5) is 14.4. The minimum absolute atomic E-state index is 0.184. The normalized spacial score (nSPS) is 16.6. The van der Waals surface area contributed by atoms with Gasteiger partial charge in [-0.05, 0) is 47.8 Å². The number of halogens is 1. The minimum atomic E-state index is -0.204. The Morgan fingerprint density at radius 2 is 2.24 bits per heavy atom. The molecule has 0 atom stereocenters. The van der Waals surface area contributed by atoms with Gasteiger partial charge in [-0.1, -0.05) is 12.8 Å². The number of hydrogen-bond acceptors (Lipinski definition) is 4. The van der Waals surface area contributed by atoms with E-state index >= 15 is 0 Å². The third-order valence-corrected chi connectivity index (χ3v) is 4.61. The van der Waals surface area contributed by atoms with Gasteiger partial charge >= 0.3 is 0 Å². The van der Waals surface area contributed by atoms with Gasteiger partial charge in [0.05, 0.1) is 11.9 Å². The zero-order valence-corrected chi connectivity index (χ0v) is 13.9.